The van der Waals surface area contributed by atoms with Gasteiger partial charge in [-0.05, 0) is 48.4 Å². The number of rotatable bonds is 7. The number of carbonyl (C=O) groups excluding carboxylic acids is 1. The Labute approximate surface area is 214 Å². The van der Waals surface area contributed by atoms with Gasteiger partial charge in [-0.15, -0.1) is 13.2 Å². The summed E-state index contributed by atoms with van der Waals surface area (Å²) in [5, 5.41) is 0. The molecule has 9 nitrogen and oxygen atoms in total. The molecule has 198 valence electrons. The average Bonchev–Trinajstić information content (AvgIpc) is 3.49. The lowest BCUT2D eigenvalue weighted by Crippen LogP contribution is -2.24. The third kappa shape index (κ3) is 4.93. The van der Waals surface area contributed by atoms with Crippen molar-refractivity contribution in [3.05, 3.63) is 64.7 Å². The fraction of sp³-hybridized carbons (Fsp3) is 0.308. The van der Waals surface area contributed by atoms with E-state index in [1.165, 1.54) is 47.2 Å². The summed E-state index contributed by atoms with van der Waals surface area (Å²) in [7, 11) is 1.52. The maximum Gasteiger partial charge on any atom is 0.573 e. The van der Waals surface area contributed by atoms with Crippen LogP contribution in [0, 0.1) is 0 Å². The van der Waals surface area contributed by atoms with Gasteiger partial charge < -0.3 is 19.4 Å². The number of hydrogen-bond acceptors (Lipinski definition) is 6. The van der Waals surface area contributed by atoms with Crippen molar-refractivity contribution < 1.29 is 27.4 Å². The minimum atomic E-state index is -4.78. The van der Waals surface area contributed by atoms with Gasteiger partial charge in [0, 0.05) is 31.1 Å². The Morgan fingerprint density at radius 3 is 2.58 bits per heavy atom. The number of methoxy groups -OCH3 is 1. The van der Waals surface area contributed by atoms with E-state index in [0.717, 1.165) is 12.0 Å². The predicted molar refractivity (Wildman–Crippen MR) is 133 cm³/mol. The lowest BCUT2D eigenvalue weighted by Gasteiger charge is -2.18. The number of aryl methyl sites for hydroxylation is 1. The number of imidazole rings is 1. The van der Waals surface area contributed by atoms with Gasteiger partial charge >= 0.3 is 6.36 Å². The van der Waals surface area contributed by atoms with Gasteiger partial charge in [-0.3, -0.25) is 14.2 Å². The van der Waals surface area contributed by atoms with Gasteiger partial charge in [0.1, 0.15) is 23.7 Å². The highest BCUT2D eigenvalue weighted by Gasteiger charge is 2.33. The van der Waals surface area contributed by atoms with E-state index >= 15 is 0 Å². The number of halogens is 3. The molecule has 0 bridgehead atoms. The number of nitrogens with zero attached hydrogens (tertiary/aromatic N) is 4. The Hall–Kier alpha value is -4.35. The standard InChI is InChI=1S/C26H24F3N5O4/c1-3-10-33-14-30-24-22(25(33)36)31-23(32-24)19-9-4-15(11-20(19)37-2)16-12-21(35)34(13-16)17-5-7-18(8-6-17)38-26(27,28)29/h4-9,11,14,16H,3,10,12-13H2,1-2H3,(H,31,32). The Bertz CT molecular complexity index is 1550. The highest BCUT2D eigenvalue weighted by atomic mass is 19.4. The normalized spacial score (nSPS) is 15.9. The first-order valence-corrected chi connectivity index (χ1v) is 12.0. The maximum atomic E-state index is 12.8. The number of aromatic nitrogens is 4. The summed E-state index contributed by atoms with van der Waals surface area (Å²) in [6, 6.07) is 10.7. The molecular weight excluding hydrogens is 503 g/mol. The number of hydrogen-bond donors (Lipinski definition) is 1. The lowest BCUT2D eigenvalue weighted by atomic mass is 9.96. The smallest absolute Gasteiger partial charge is 0.496 e. The van der Waals surface area contributed by atoms with Crippen LogP contribution < -0.4 is 19.9 Å². The Balaban J connectivity index is 1.38. The van der Waals surface area contributed by atoms with Gasteiger partial charge in [-0.1, -0.05) is 13.0 Å². The predicted octanol–water partition coefficient (Wildman–Crippen LogP) is 4.62. The number of H-pyrrole nitrogens is 1. The third-order valence-corrected chi connectivity index (χ3v) is 6.40. The van der Waals surface area contributed by atoms with E-state index in [4.69, 9.17) is 4.74 Å². The maximum absolute atomic E-state index is 12.8. The molecule has 2 aromatic carbocycles. The Morgan fingerprint density at radius 2 is 1.89 bits per heavy atom. The summed E-state index contributed by atoms with van der Waals surface area (Å²) in [6.07, 6.45) is -2.27. The van der Waals surface area contributed by atoms with Crippen LogP contribution in [0.15, 0.2) is 53.6 Å². The number of amides is 1. The average molecular weight is 528 g/mol. The molecule has 1 unspecified atom stereocenters. The van der Waals surface area contributed by atoms with Crippen molar-refractivity contribution >= 4 is 22.8 Å². The van der Waals surface area contributed by atoms with Gasteiger partial charge in [0.2, 0.25) is 5.91 Å². The zero-order valence-corrected chi connectivity index (χ0v) is 20.6. The second kappa shape index (κ2) is 9.84. The second-order valence-corrected chi connectivity index (χ2v) is 8.93. The van der Waals surface area contributed by atoms with Crippen molar-refractivity contribution in [3.8, 4) is 22.9 Å². The second-order valence-electron chi connectivity index (χ2n) is 8.93. The number of fused-ring (bicyclic) bond motifs is 1. The molecule has 1 atom stereocenters. The van der Waals surface area contributed by atoms with Crippen LogP contribution in [0.4, 0.5) is 18.9 Å². The zero-order chi connectivity index (χ0) is 27.0. The van der Waals surface area contributed by atoms with Crippen LogP contribution >= 0.6 is 0 Å². The summed E-state index contributed by atoms with van der Waals surface area (Å²) in [6.45, 7) is 2.88. The minimum Gasteiger partial charge on any atom is -0.496 e. The number of benzene rings is 2. The lowest BCUT2D eigenvalue weighted by molar-refractivity contribution is -0.274. The molecule has 2 aromatic heterocycles. The molecule has 0 radical (unpaired) electrons. The van der Waals surface area contributed by atoms with Gasteiger partial charge in [0.05, 0.1) is 12.7 Å². The van der Waals surface area contributed by atoms with Crippen LogP contribution in [0.2, 0.25) is 0 Å². The molecule has 12 heteroatoms. The van der Waals surface area contributed by atoms with Crippen molar-refractivity contribution in [1.82, 2.24) is 19.5 Å². The number of ether oxygens (including phenoxy) is 2. The molecule has 5 rings (SSSR count). The monoisotopic (exact) mass is 527 g/mol. The first kappa shape index (κ1) is 25.3. The Kier molecular flexibility index (Phi) is 6.55. The fourth-order valence-corrected chi connectivity index (χ4v) is 4.62. The van der Waals surface area contributed by atoms with E-state index < -0.39 is 6.36 Å². The number of anilines is 1. The minimum absolute atomic E-state index is 0.144. The summed E-state index contributed by atoms with van der Waals surface area (Å²) in [5.74, 6) is 0.293. The van der Waals surface area contributed by atoms with E-state index in [-0.39, 0.29) is 29.6 Å². The molecule has 1 aliphatic rings. The Morgan fingerprint density at radius 1 is 1.13 bits per heavy atom. The molecule has 0 saturated carbocycles. The highest BCUT2D eigenvalue weighted by Crippen LogP contribution is 2.37. The molecule has 1 amide bonds. The summed E-state index contributed by atoms with van der Waals surface area (Å²) in [4.78, 5) is 38.8. The van der Waals surface area contributed by atoms with Crippen molar-refractivity contribution in [2.45, 2.75) is 38.6 Å². The van der Waals surface area contributed by atoms with Gasteiger partial charge in [-0.2, -0.15) is 0 Å². The quantitative estimate of drug-likeness (QED) is 0.376. The van der Waals surface area contributed by atoms with E-state index in [1.54, 1.807) is 0 Å². The molecule has 1 aliphatic heterocycles. The number of carbonyl (C=O) groups is 1. The fourth-order valence-electron chi connectivity index (χ4n) is 4.62. The van der Waals surface area contributed by atoms with Crippen LogP contribution in [0.5, 0.6) is 11.5 Å². The first-order chi connectivity index (χ1) is 18.2. The SMILES string of the molecule is CCCn1cnc2nc(-c3ccc(C4CC(=O)N(c5ccc(OC(F)(F)F)cc5)C4)cc3OC)[nH]c2c1=O. The summed E-state index contributed by atoms with van der Waals surface area (Å²) < 4.78 is 48.4. The van der Waals surface area contributed by atoms with Crippen LogP contribution in [0.3, 0.4) is 0 Å². The van der Waals surface area contributed by atoms with E-state index in [2.05, 4.69) is 19.7 Å². The third-order valence-electron chi connectivity index (χ3n) is 6.40. The van der Waals surface area contributed by atoms with Crippen LogP contribution in [0.25, 0.3) is 22.6 Å². The number of alkyl halides is 3. The molecular formula is C26H24F3N5O4. The van der Waals surface area contributed by atoms with Gasteiger partial charge in [0.25, 0.3) is 5.56 Å². The molecule has 1 N–H and O–H groups in total. The van der Waals surface area contributed by atoms with Gasteiger partial charge in [0.15, 0.2) is 11.2 Å². The van der Waals surface area contributed by atoms with Crippen molar-refractivity contribution in [2.75, 3.05) is 18.6 Å². The number of nitrogens with one attached hydrogen (secondary N) is 1. The van der Waals surface area contributed by atoms with Crippen molar-refractivity contribution in [1.29, 1.82) is 0 Å². The molecule has 1 saturated heterocycles. The van der Waals surface area contributed by atoms with Crippen LogP contribution in [-0.2, 0) is 11.3 Å². The molecule has 0 aliphatic carbocycles. The van der Waals surface area contributed by atoms with E-state index in [1.807, 2.05) is 25.1 Å². The highest BCUT2D eigenvalue weighted by molar-refractivity contribution is 5.96. The van der Waals surface area contributed by atoms with Gasteiger partial charge in [-0.25, -0.2) is 9.97 Å². The zero-order valence-electron chi connectivity index (χ0n) is 20.6. The number of aromatic amines is 1. The van der Waals surface area contributed by atoms with E-state index in [9.17, 15) is 22.8 Å². The molecule has 4 aromatic rings. The summed E-state index contributed by atoms with van der Waals surface area (Å²) in [5.41, 5.74) is 2.40. The van der Waals surface area contributed by atoms with Crippen molar-refractivity contribution in [2.24, 2.45) is 0 Å². The topological polar surface area (TPSA) is 102 Å². The summed E-state index contributed by atoms with van der Waals surface area (Å²) >= 11 is 0. The van der Waals surface area contributed by atoms with Crippen LogP contribution in [0.1, 0.15) is 31.2 Å². The van der Waals surface area contributed by atoms with E-state index in [0.29, 0.717) is 47.1 Å². The molecule has 38 heavy (non-hydrogen) atoms. The first-order valence-electron chi connectivity index (χ1n) is 12.0. The molecule has 1 fully saturated rings. The van der Waals surface area contributed by atoms with Crippen molar-refractivity contribution in [3.63, 3.8) is 0 Å². The molecule has 0 spiro atoms. The largest absolute Gasteiger partial charge is 0.573 e. The molecule has 3 heterocycles. The van der Waals surface area contributed by atoms with Crippen LogP contribution in [-0.4, -0.2) is 45.4 Å².